The fourth-order valence-electron chi connectivity index (χ4n) is 3.75. The molecule has 1 N–H and O–H groups in total. The third-order valence-corrected chi connectivity index (χ3v) is 5.52. The molecule has 0 atom stereocenters. The Morgan fingerprint density at radius 3 is 2.51 bits per heavy atom. The average molecular weight is 480 g/mol. The van der Waals surface area contributed by atoms with Gasteiger partial charge in [-0.05, 0) is 52.2 Å². The third-order valence-electron chi connectivity index (χ3n) is 5.52. The first-order valence-corrected chi connectivity index (χ1v) is 10.8. The van der Waals surface area contributed by atoms with E-state index in [4.69, 9.17) is 14.2 Å². The summed E-state index contributed by atoms with van der Waals surface area (Å²) in [5.41, 5.74) is 2.42. The highest BCUT2D eigenvalue weighted by molar-refractivity contribution is 6.01. The molecule has 2 amide bonds. The van der Waals surface area contributed by atoms with Gasteiger partial charge in [0.1, 0.15) is 12.9 Å². The minimum Gasteiger partial charge on any atom is -0.493 e. The van der Waals surface area contributed by atoms with Gasteiger partial charge in [-0.15, -0.1) is 5.10 Å². The molecule has 0 saturated heterocycles. The average Bonchev–Trinajstić information content (AvgIpc) is 3.38. The lowest BCUT2D eigenvalue weighted by Crippen LogP contribution is -2.38. The number of hydrogen-bond donors (Lipinski definition) is 1. The second-order valence-corrected chi connectivity index (χ2v) is 7.72. The van der Waals surface area contributed by atoms with Crippen molar-refractivity contribution >= 4 is 23.5 Å². The summed E-state index contributed by atoms with van der Waals surface area (Å²) in [5.74, 6) is -0.235. The van der Waals surface area contributed by atoms with Crippen molar-refractivity contribution in [1.82, 2.24) is 25.1 Å². The zero-order valence-corrected chi connectivity index (χ0v) is 19.3. The van der Waals surface area contributed by atoms with Crippen LogP contribution in [-0.2, 0) is 33.8 Å². The number of para-hydroxylation sites is 1. The highest BCUT2D eigenvalue weighted by Crippen LogP contribution is 2.33. The van der Waals surface area contributed by atoms with Gasteiger partial charge in [0.05, 0.1) is 25.5 Å². The fourth-order valence-corrected chi connectivity index (χ4v) is 3.75. The number of anilines is 1. The number of rotatable bonds is 8. The molecule has 0 unspecified atom stereocenters. The Bertz CT molecular complexity index is 1230. The second-order valence-electron chi connectivity index (χ2n) is 7.72. The summed E-state index contributed by atoms with van der Waals surface area (Å²) in [6.07, 6.45) is 1.95. The van der Waals surface area contributed by atoms with E-state index < -0.39 is 18.5 Å². The molecule has 2 aromatic carbocycles. The minimum absolute atomic E-state index is 0.123. The summed E-state index contributed by atoms with van der Waals surface area (Å²) in [6, 6.07) is 10.2. The van der Waals surface area contributed by atoms with Crippen LogP contribution < -0.4 is 14.8 Å². The lowest BCUT2D eigenvalue weighted by Gasteiger charge is -2.29. The molecule has 0 bridgehead atoms. The molecular weight excluding hydrogens is 456 g/mol. The first-order chi connectivity index (χ1) is 17.0. The van der Waals surface area contributed by atoms with Crippen molar-refractivity contribution in [2.45, 2.75) is 19.5 Å². The number of nitrogens with one attached hydrogen (secondary N) is 1. The number of carbonyl (C=O) groups excluding carboxylic acids is 3. The maximum atomic E-state index is 12.8. The number of esters is 1. The Balaban J connectivity index is 1.36. The van der Waals surface area contributed by atoms with Crippen molar-refractivity contribution in [3.05, 3.63) is 59.4 Å². The Morgan fingerprint density at radius 2 is 1.80 bits per heavy atom. The van der Waals surface area contributed by atoms with E-state index in [2.05, 4.69) is 20.8 Å². The van der Waals surface area contributed by atoms with Crippen LogP contribution in [0.15, 0.2) is 42.7 Å². The summed E-state index contributed by atoms with van der Waals surface area (Å²) in [7, 11) is 3.14. The Morgan fingerprint density at radius 1 is 1.06 bits per heavy atom. The summed E-state index contributed by atoms with van der Waals surface area (Å²) >= 11 is 0. The monoisotopic (exact) mass is 480 g/mol. The number of benzene rings is 2. The normalized spacial score (nSPS) is 12.5. The minimum atomic E-state index is -0.722. The molecule has 1 aliphatic rings. The largest absolute Gasteiger partial charge is 0.493 e. The van der Waals surface area contributed by atoms with Gasteiger partial charge in [0, 0.05) is 13.1 Å². The number of hydrogen-bond acceptors (Lipinski definition) is 9. The van der Waals surface area contributed by atoms with Crippen LogP contribution in [0, 0.1) is 0 Å². The van der Waals surface area contributed by atoms with E-state index in [1.807, 2.05) is 12.1 Å². The lowest BCUT2D eigenvalue weighted by atomic mass is 9.99. The Kier molecular flexibility index (Phi) is 7.19. The molecule has 1 aliphatic heterocycles. The summed E-state index contributed by atoms with van der Waals surface area (Å²) in [4.78, 5) is 39.3. The molecule has 0 aliphatic carbocycles. The zero-order chi connectivity index (χ0) is 24.8. The number of amides is 2. The number of nitrogens with zero attached hydrogens (tertiary/aromatic N) is 5. The van der Waals surface area contributed by atoms with Crippen LogP contribution in [0.2, 0.25) is 0 Å². The number of fused-ring (bicyclic) bond motifs is 1. The maximum Gasteiger partial charge on any atom is 0.340 e. The van der Waals surface area contributed by atoms with E-state index in [0.29, 0.717) is 31.0 Å². The van der Waals surface area contributed by atoms with Crippen molar-refractivity contribution in [2.24, 2.45) is 0 Å². The number of aromatic nitrogens is 4. The molecule has 4 rings (SSSR count). The highest BCUT2D eigenvalue weighted by atomic mass is 16.5. The van der Waals surface area contributed by atoms with Gasteiger partial charge in [-0.2, -0.15) is 0 Å². The van der Waals surface area contributed by atoms with Crippen LogP contribution in [0.25, 0.3) is 0 Å². The van der Waals surface area contributed by atoms with E-state index in [1.54, 1.807) is 37.3 Å². The Hall–Kier alpha value is -4.48. The molecule has 2 heterocycles. The molecule has 12 heteroatoms. The summed E-state index contributed by atoms with van der Waals surface area (Å²) < 4.78 is 17.2. The molecule has 3 aromatic rings. The van der Waals surface area contributed by atoms with E-state index in [0.717, 1.165) is 11.1 Å². The van der Waals surface area contributed by atoms with Gasteiger partial charge < -0.3 is 24.4 Å². The van der Waals surface area contributed by atoms with Gasteiger partial charge in [0.15, 0.2) is 18.1 Å². The fraction of sp³-hybridized carbons (Fsp3) is 0.304. The standard InChI is InChI=1S/C23H24N6O6/c1-33-19-9-15-7-8-28(11-16(15)10-20(19)34-2)22(31)13-35-23(32)17-5-3-4-6-18(17)25-21(30)12-29-14-24-26-27-29/h3-6,9-10,14H,7-8,11-13H2,1-2H3,(H,25,30). The number of tetrazole rings is 1. The van der Waals surface area contributed by atoms with Gasteiger partial charge >= 0.3 is 5.97 Å². The van der Waals surface area contributed by atoms with Crippen LogP contribution in [-0.4, -0.2) is 70.3 Å². The molecule has 12 nitrogen and oxygen atoms in total. The SMILES string of the molecule is COc1cc2c(cc1OC)CN(C(=O)COC(=O)c1ccccc1NC(=O)Cn1cnnn1)CC2. The number of ether oxygens (including phenoxy) is 3. The number of methoxy groups -OCH3 is 2. The van der Waals surface area contributed by atoms with E-state index in [1.165, 1.54) is 17.1 Å². The van der Waals surface area contributed by atoms with Gasteiger partial charge in [0.25, 0.3) is 5.91 Å². The molecule has 0 fully saturated rings. The molecule has 0 radical (unpaired) electrons. The van der Waals surface area contributed by atoms with Crippen molar-refractivity contribution < 1.29 is 28.6 Å². The van der Waals surface area contributed by atoms with Crippen molar-refractivity contribution in [3.8, 4) is 11.5 Å². The molecule has 1 aromatic heterocycles. The molecule has 35 heavy (non-hydrogen) atoms. The van der Waals surface area contributed by atoms with Crippen LogP contribution in [0.5, 0.6) is 11.5 Å². The predicted octanol–water partition coefficient (Wildman–Crippen LogP) is 1.07. The predicted molar refractivity (Wildman–Crippen MR) is 122 cm³/mol. The van der Waals surface area contributed by atoms with Gasteiger partial charge in [-0.1, -0.05) is 12.1 Å². The van der Waals surface area contributed by atoms with Crippen molar-refractivity contribution in [2.75, 3.05) is 32.7 Å². The summed E-state index contributed by atoms with van der Waals surface area (Å²) in [6.45, 7) is 0.314. The van der Waals surface area contributed by atoms with Gasteiger partial charge in [-0.25, -0.2) is 9.48 Å². The third kappa shape index (κ3) is 5.54. The van der Waals surface area contributed by atoms with E-state index >= 15 is 0 Å². The van der Waals surface area contributed by atoms with Crippen LogP contribution >= 0.6 is 0 Å². The van der Waals surface area contributed by atoms with E-state index in [-0.39, 0.29) is 23.7 Å². The molecular formula is C23H24N6O6. The first kappa shape index (κ1) is 23.7. The smallest absolute Gasteiger partial charge is 0.340 e. The van der Waals surface area contributed by atoms with Gasteiger partial charge in [-0.3, -0.25) is 9.59 Å². The second kappa shape index (κ2) is 10.6. The molecule has 182 valence electrons. The quantitative estimate of drug-likeness (QED) is 0.469. The maximum absolute atomic E-state index is 12.8. The molecule has 0 spiro atoms. The van der Waals surface area contributed by atoms with E-state index in [9.17, 15) is 14.4 Å². The van der Waals surface area contributed by atoms with Crippen LogP contribution in [0.3, 0.4) is 0 Å². The molecule has 0 saturated carbocycles. The lowest BCUT2D eigenvalue weighted by molar-refractivity contribution is -0.135. The topological polar surface area (TPSA) is 138 Å². The van der Waals surface area contributed by atoms with Crippen LogP contribution in [0.4, 0.5) is 5.69 Å². The van der Waals surface area contributed by atoms with Crippen LogP contribution in [0.1, 0.15) is 21.5 Å². The van der Waals surface area contributed by atoms with Crippen molar-refractivity contribution in [3.63, 3.8) is 0 Å². The first-order valence-electron chi connectivity index (χ1n) is 10.8. The van der Waals surface area contributed by atoms with Gasteiger partial charge in [0.2, 0.25) is 5.91 Å². The number of carbonyl (C=O) groups is 3. The zero-order valence-electron chi connectivity index (χ0n) is 19.3. The summed E-state index contributed by atoms with van der Waals surface area (Å²) in [5, 5.41) is 13.2. The Labute approximate surface area is 200 Å². The van der Waals surface area contributed by atoms with Crippen molar-refractivity contribution in [1.29, 1.82) is 0 Å². The highest BCUT2D eigenvalue weighted by Gasteiger charge is 2.24.